The van der Waals surface area contributed by atoms with Gasteiger partial charge in [-0.15, -0.1) is 0 Å². The number of ether oxygens (including phenoxy) is 1. The van der Waals surface area contributed by atoms with Gasteiger partial charge in [-0.05, 0) is 30.3 Å². The van der Waals surface area contributed by atoms with Crippen LogP contribution < -0.4 is 4.74 Å². The smallest absolute Gasteiger partial charge is 0.335 e. The van der Waals surface area contributed by atoms with Crippen molar-refractivity contribution in [1.29, 1.82) is 5.26 Å². The summed E-state index contributed by atoms with van der Waals surface area (Å²) in [5.74, 6) is -6.75. The Morgan fingerprint density at radius 3 is 2.41 bits per heavy atom. The molecular formula is C27H20F4N2O4. The van der Waals surface area contributed by atoms with E-state index >= 15 is 4.39 Å². The molecule has 0 spiro atoms. The highest BCUT2D eigenvalue weighted by molar-refractivity contribution is 6.04. The molecule has 0 saturated carbocycles. The van der Waals surface area contributed by atoms with Crippen LogP contribution in [0, 0.1) is 34.6 Å². The summed E-state index contributed by atoms with van der Waals surface area (Å²) >= 11 is 0. The number of phenols is 1. The molecule has 0 aliphatic rings. The van der Waals surface area contributed by atoms with Crippen molar-refractivity contribution in [2.24, 2.45) is 0 Å². The van der Waals surface area contributed by atoms with Crippen molar-refractivity contribution in [3.8, 4) is 34.4 Å². The van der Waals surface area contributed by atoms with Gasteiger partial charge in [-0.1, -0.05) is 13.8 Å². The molecule has 4 aromatic rings. The molecule has 0 atom stereocenters. The van der Waals surface area contributed by atoms with Crippen LogP contribution in [-0.4, -0.2) is 27.9 Å². The van der Waals surface area contributed by atoms with Gasteiger partial charge >= 0.3 is 5.97 Å². The quantitative estimate of drug-likeness (QED) is 0.289. The predicted molar refractivity (Wildman–Crippen MR) is 127 cm³/mol. The van der Waals surface area contributed by atoms with Crippen LogP contribution in [0.25, 0.3) is 27.7 Å². The number of carboxylic acids is 1. The molecule has 4 rings (SSSR count). The van der Waals surface area contributed by atoms with Gasteiger partial charge in [-0.2, -0.15) is 5.26 Å². The monoisotopic (exact) mass is 512 g/mol. The molecule has 2 N–H and O–H groups in total. The first-order chi connectivity index (χ1) is 17.4. The fourth-order valence-corrected chi connectivity index (χ4v) is 4.50. The summed E-state index contributed by atoms with van der Waals surface area (Å²) in [6.07, 6.45) is -0.166. The van der Waals surface area contributed by atoms with Crippen molar-refractivity contribution in [2.45, 2.75) is 25.7 Å². The molecule has 1 heterocycles. The van der Waals surface area contributed by atoms with Crippen LogP contribution in [-0.2, 0) is 5.41 Å². The molecule has 0 bridgehead atoms. The molecule has 3 aromatic carbocycles. The van der Waals surface area contributed by atoms with Crippen molar-refractivity contribution < 1.29 is 37.3 Å². The lowest BCUT2D eigenvalue weighted by molar-refractivity contribution is 0.0696. The van der Waals surface area contributed by atoms with Crippen molar-refractivity contribution in [2.75, 3.05) is 7.11 Å². The number of hydrogen-bond acceptors (Lipinski definition) is 4. The third kappa shape index (κ3) is 4.22. The number of carboxylic acid groups (broad SMARTS) is 1. The maximum Gasteiger partial charge on any atom is 0.335 e. The van der Waals surface area contributed by atoms with Crippen LogP contribution in [0.15, 0.2) is 42.5 Å². The molecule has 190 valence electrons. The van der Waals surface area contributed by atoms with Crippen molar-refractivity contribution in [1.82, 2.24) is 4.57 Å². The van der Waals surface area contributed by atoms with Crippen LogP contribution in [0.4, 0.5) is 17.6 Å². The van der Waals surface area contributed by atoms with Gasteiger partial charge < -0.3 is 19.5 Å². The summed E-state index contributed by atoms with van der Waals surface area (Å²) in [7, 11) is 1.24. The van der Waals surface area contributed by atoms with Crippen molar-refractivity contribution >= 4 is 16.9 Å². The lowest BCUT2D eigenvalue weighted by Gasteiger charge is -2.27. The highest BCUT2D eigenvalue weighted by Crippen LogP contribution is 2.48. The number of nitriles is 1. The molecule has 0 aliphatic carbocycles. The third-order valence-corrected chi connectivity index (χ3v) is 6.11. The first-order valence-corrected chi connectivity index (χ1v) is 10.9. The van der Waals surface area contributed by atoms with Crippen LogP contribution in [0.1, 0.15) is 36.3 Å². The van der Waals surface area contributed by atoms with E-state index in [1.165, 1.54) is 23.8 Å². The average Bonchev–Trinajstić information content (AvgIpc) is 3.17. The highest BCUT2D eigenvalue weighted by atomic mass is 19.2. The lowest BCUT2D eigenvalue weighted by Crippen LogP contribution is -2.22. The molecule has 6 nitrogen and oxygen atoms in total. The molecule has 0 fully saturated rings. The highest BCUT2D eigenvalue weighted by Gasteiger charge is 2.35. The zero-order valence-electron chi connectivity index (χ0n) is 19.9. The average molecular weight is 512 g/mol. The first-order valence-electron chi connectivity index (χ1n) is 10.9. The number of methoxy groups -OCH3 is 1. The number of halogens is 4. The number of rotatable bonds is 6. The van der Waals surface area contributed by atoms with Gasteiger partial charge in [0, 0.05) is 46.5 Å². The van der Waals surface area contributed by atoms with Crippen molar-refractivity contribution in [3.63, 3.8) is 0 Å². The summed E-state index contributed by atoms with van der Waals surface area (Å²) in [4.78, 5) is 11.7. The van der Waals surface area contributed by atoms with Crippen LogP contribution in [0.2, 0.25) is 0 Å². The fourth-order valence-electron chi connectivity index (χ4n) is 4.50. The van der Waals surface area contributed by atoms with Crippen LogP contribution in [0.5, 0.6) is 11.5 Å². The number of fused-ring (bicyclic) bond motifs is 1. The minimum Gasteiger partial charge on any atom is -0.507 e. The van der Waals surface area contributed by atoms with Gasteiger partial charge in [0.05, 0.1) is 29.6 Å². The topological polar surface area (TPSA) is 95.5 Å². The molecule has 37 heavy (non-hydrogen) atoms. The summed E-state index contributed by atoms with van der Waals surface area (Å²) in [5, 5.41) is 29.7. The van der Waals surface area contributed by atoms with E-state index in [1.807, 2.05) is 6.07 Å². The van der Waals surface area contributed by atoms with E-state index in [0.29, 0.717) is 6.07 Å². The summed E-state index contributed by atoms with van der Waals surface area (Å²) < 4.78 is 65.2. The molecular weight excluding hydrogens is 492 g/mol. The van der Waals surface area contributed by atoms with E-state index in [1.54, 1.807) is 13.8 Å². The number of aromatic hydroxyl groups is 1. The van der Waals surface area contributed by atoms with Gasteiger partial charge in [0.25, 0.3) is 0 Å². The zero-order valence-corrected chi connectivity index (χ0v) is 19.9. The Morgan fingerprint density at radius 1 is 1.08 bits per heavy atom. The van der Waals surface area contributed by atoms with E-state index in [4.69, 9.17) is 4.74 Å². The van der Waals surface area contributed by atoms with Crippen LogP contribution >= 0.6 is 0 Å². The molecule has 0 radical (unpaired) electrons. The number of carbonyl (C=O) groups is 1. The number of nitrogens with zero attached hydrogens (tertiary/aromatic N) is 2. The summed E-state index contributed by atoms with van der Waals surface area (Å²) in [6, 6.07) is 8.97. The largest absolute Gasteiger partial charge is 0.507 e. The Kier molecular flexibility index (Phi) is 6.34. The summed E-state index contributed by atoms with van der Waals surface area (Å²) in [5.41, 5.74) is -2.06. The maximum atomic E-state index is 15.3. The standard InChI is InChI=1S/C27H20F4N2O4/c1-27(2,6-7-32)25-22(16-8-13(26(35)36)9-18(30)24(16)31)23-19(10-14(28)11-20(23)34)33(25)15-4-5-17(29)21(12-15)37-3/h4-5,8-12,34H,6H2,1-3H3,(H,35,36). The van der Waals surface area contributed by atoms with E-state index in [2.05, 4.69) is 0 Å². The number of benzene rings is 3. The Hall–Kier alpha value is -4.52. The number of phenolic OH excluding ortho intramolecular Hbond substituents is 1. The summed E-state index contributed by atoms with van der Waals surface area (Å²) in [6.45, 7) is 3.24. The van der Waals surface area contributed by atoms with Gasteiger partial charge in [0.15, 0.2) is 23.2 Å². The lowest BCUT2D eigenvalue weighted by atomic mass is 9.81. The van der Waals surface area contributed by atoms with Gasteiger partial charge in [-0.3, -0.25) is 0 Å². The molecule has 1 aromatic heterocycles. The second kappa shape index (κ2) is 9.17. The Bertz CT molecular complexity index is 1620. The second-order valence-electron chi connectivity index (χ2n) is 9.04. The Balaban J connectivity index is 2.31. The second-order valence-corrected chi connectivity index (χ2v) is 9.04. The first kappa shape index (κ1) is 25.6. The minimum atomic E-state index is -1.53. The van der Waals surface area contributed by atoms with E-state index in [0.717, 1.165) is 24.3 Å². The van der Waals surface area contributed by atoms with E-state index in [9.17, 15) is 33.4 Å². The Labute approximate surface area is 208 Å². The van der Waals surface area contributed by atoms with Crippen molar-refractivity contribution in [3.05, 3.63) is 77.0 Å². The van der Waals surface area contributed by atoms with E-state index in [-0.39, 0.29) is 40.0 Å². The third-order valence-electron chi connectivity index (χ3n) is 6.11. The number of aromatic nitrogens is 1. The zero-order chi connectivity index (χ0) is 27.2. The number of hydrogen-bond donors (Lipinski definition) is 2. The van der Waals surface area contributed by atoms with Gasteiger partial charge in [0.2, 0.25) is 0 Å². The Morgan fingerprint density at radius 2 is 1.78 bits per heavy atom. The van der Waals surface area contributed by atoms with Crippen LogP contribution in [0.3, 0.4) is 0 Å². The SMILES string of the molecule is COc1cc(-n2c(C(C)(C)CC#N)c(-c3cc(C(=O)O)cc(F)c3F)c3c(O)cc(F)cc32)ccc1F. The minimum absolute atomic E-state index is 0.0114. The molecule has 0 aliphatic heterocycles. The molecule has 0 amide bonds. The molecule has 10 heteroatoms. The predicted octanol–water partition coefficient (Wildman–Crippen LogP) is 6.46. The molecule has 0 unspecified atom stereocenters. The van der Waals surface area contributed by atoms with Gasteiger partial charge in [0.1, 0.15) is 11.6 Å². The maximum absolute atomic E-state index is 15.3. The fraction of sp³-hybridized carbons (Fsp3) is 0.185. The van der Waals surface area contributed by atoms with E-state index < -0.39 is 51.5 Å². The molecule has 0 saturated heterocycles. The normalized spacial score (nSPS) is 11.5. The van der Waals surface area contributed by atoms with Gasteiger partial charge in [-0.25, -0.2) is 22.4 Å². The number of aromatic carboxylic acids is 1.